The second-order valence-electron chi connectivity index (χ2n) is 8.38. The Bertz CT molecular complexity index is 1480. The van der Waals surface area contributed by atoms with Gasteiger partial charge in [-0.15, -0.1) is 0 Å². The van der Waals surface area contributed by atoms with Crippen molar-refractivity contribution in [1.29, 1.82) is 0 Å². The van der Waals surface area contributed by atoms with Gasteiger partial charge in [-0.1, -0.05) is 60.1 Å². The molecule has 35 heavy (non-hydrogen) atoms. The summed E-state index contributed by atoms with van der Waals surface area (Å²) in [5.74, 6) is 1.02. The van der Waals surface area contributed by atoms with Gasteiger partial charge in [0, 0.05) is 28.5 Å². The molecule has 2 N–H and O–H groups in total. The van der Waals surface area contributed by atoms with Crippen molar-refractivity contribution >= 4 is 40.0 Å². The number of nitrogens with one attached hydrogen (secondary N) is 2. The minimum atomic E-state index is -0.306. The number of hydrogen-bond acceptors (Lipinski definition) is 2. The number of amides is 2. The van der Waals surface area contributed by atoms with E-state index in [9.17, 15) is 4.79 Å². The zero-order valence-electron chi connectivity index (χ0n) is 19.3. The predicted molar refractivity (Wildman–Crippen MR) is 144 cm³/mol. The van der Waals surface area contributed by atoms with Crippen LogP contribution in [0.1, 0.15) is 17.0 Å². The van der Waals surface area contributed by atoms with Gasteiger partial charge in [0.15, 0.2) is 0 Å². The highest BCUT2D eigenvalue weighted by molar-refractivity contribution is 6.31. The molecule has 0 aliphatic heterocycles. The molecule has 6 heteroatoms. The van der Waals surface area contributed by atoms with Crippen LogP contribution in [0.5, 0.6) is 0 Å². The fourth-order valence-corrected chi connectivity index (χ4v) is 4.32. The number of nitrogens with zero attached hydrogens (tertiary/aromatic N) is 2. The number of anilines is 2. The molecule has 174 valence electrons. The summed E-state index contributed by atoms with van der Waals surface area (Å²) in [6, 6.07) is 31.6. The van der Waals surface area contributed by atoms with E-state index < -0.39 is 0 Å². The van der Waals surface area contributed by atoms with E-state index in [-0.39, 0.29) is 6.03 Å². The Morgan fingerprint density at radius 3 is 2.37 bits per heavy atom. The average molecular weight is 481 g/mol. The van der Waals surface area contributed by atoms with Gasteiger partial charge in [0.2, 0.25) is 0 Å². The predicted octanol–water partition coefficient (Wildman–Crippen LogP) is 7.42. The van der Waals surface area contributed by atoms with Gasteiger partial charge in [0.05, 0.1) is 11.0 Å². The molecule has 0 unspecified atom stereocenters. The van der Waals surface area contributed by atoms with Crippen LogP contribution in [0.25, 0.3) is 16.7 Å². The summed E-state index contributed by atoms with van der Waals surface area (Å²) in [6.45, 7) is 1.87. The van der Waals surface area contributed by atoms with Gasteiger partial charge in [0.25, 0.3) is 0 Å². The molecule has 0 saturated carbocycles. The number of hydrogen-bond donors (Lipinski definition) is 2. The molecule has 0 bridgehead atoms. The minimum Gasteiger partial charge on any atom is -0.308 e. The number of rotatable bonds is 6. The third-order valence-corrected chi connectivity index (χ3v) is 6.42. The molecule has 0 atom stereocenters. The van der Waals surface area contributed by atoms with E-state index in [1.165, 1.54) is 5.56 Å². The number of aryl methyl sites for hydroxylation is 2. The van der Waals surface area contributed by atoms with Gasteiger partial charge in [-0.3, -0.25) is 4.57 Å². The topological polar surface area (TPSA) is 59.0 Å². The molecule has 1 aromatic heterocycles. The van der Waals surface area contributed by atoms with Crippen molar-refractivity contribution in [3.8, 4) is 5.69 Å². The van der Waals surface area contributed by atoms with Gasteiger partial charge in [-0.2, -0.15) is 0 Å². The van der Waals surface area contributed by atoms with Crippen molar-refractivity contribution in [3.05, 3.63) is 119 Å². The van der Waals surface area contributed by atoms with Gasteiger partial charge >= 0.3 is 6.03 Å². The van der Waals surface area contributed by atoms with Gasteiger partial charge in [-0.25, -0.2) is 9.78 Å². The number of aromatic nitrogens is 2. The molecule has 5 nitrogen and oxygen atoms in total. The second-order valence-corrected chi connectivity index (χ2v) is 8.78. The van der Waals surface area contributed by atoms with E-state index in [0.29, 0.717) is 10.7 Å². The fourth-order valence-electron chi connectivity index (χ4n) is 4.15. The number of carbonyl (C=O) groups is 1. The largest absolute Gasteiger partial charge is 0.323 e. The average Bonchev–Trinajstić information content (AvgIpc) is 3.25. The van der Waals surface area contributed by atoms with Crippen LogP contribution >= 0.6 is 11.6 Å². The Labute approximate surface area is 209 Å². The Kier molecular flexibility index (Phi) is 6.51. The standard InChI is InChI=1S/C29H25ClN4O/c1-20-24(30)10-7-12-25(20)33-29(35)31-22-17-14-21(15-18-22)16-19-28-32-26-11-5-6-13-27(26)34(28)23-8-3-2-4-9-23/h2-15,17-18H,16,19H2,1H3,(H2,31,33,35). The first kappa shape index (κ1) is 22.7. The number of benzene rings is 4. The molecular weight excluding hydrogens is 456 g/mol. The van der Waals surface area contributed by atoms with Crippen LogP contribution in [0.2, 0.25) is 5.02 Å². The molecule has 0 spiro atoms. The van der Waals surface area contributed by atoms with Crippen molar-refractivity contribution in [2.75, 3.05) is 10.6 Å². The summed E-state index contributed by atoms with van der Waals surface area (Å²) in [6.07, 6.45) is 1.63. The quantitative estimate of drug-likeness (QED) is 0.265. The first-order valence-electron chi connectivity index (χ1n) is 11.5. The van der Waals surface area contributed by atoms with E-state index in [1.54, 1.807) is 6.07 Å². The highest BCUT2D eigenvalue weighted by Crippen LogP contribution is 2.24. The maximum atomic E-state index is 12.4. The molecule has 0 saturated heterocycles. The molecule has 0 fully saturated rings. The molecule has 5 aromatic rings. The minimum absolute atomic E-state index is 0.306. The third kappa shape index (κ3) is 5.05. The highest BCUT2D eigenvalue weighted by atomic mass is 35.5. The summed E-state index contributed by atoms with van der Waals surface area (Å²) in [7, 11) is 0. The van der Waals surface area contributed by atoms with E-state index in [0.717, 1.165) is 46.6 Å². The third-order valence-electron chi connectivity index (χ3n) is 6.01. The van der Waals surface area contributed by atoms with Crippen LogP contribution in [0.3, 0.4) is 0 Å². The first-order chi connectivity index (χ1) is 17.1. The van der Waals surface area contributed by atoms with Gasteiger partial charge < -0.3 is 10.6 Å². The van der Waals surface area contributed by atoms with Gasteiger partial charge in [0.1, 0.15) is 5.82 Å². The smallest absolute Gasteiger partial charge is 0.308 e. The van der Waals surface area contributed by atoms with E-state index >= 15 is 0 Å². The summed E-state index contributed by atoms with van der Waals surface area (Å²) < 4.78 is 2.23. The maximum Gasteiger partial charge on any atom is 0.323 e. The first-order valence-corrected chi connectivity index (χ1v) is 11.9. The maximum absolute atomic E-state index is 12.4. The molecule has 5 rings (SSSR count). The number of fused-ring (bicyclic) bond motifs is 1. The molecule has 0 radical (unpaired) electrons. The molecular formula is C29H25ClN4O. The fraction of sp³-hybridized carbons (Fsp3) is 0.103. The SMILES string of the molecule is Cc1c(Cl)cccc1NC(=O)Nc1ccc(CCc2nc3ccccc3n2-c2ccccc2)cc1. The Morgan fingerprint density at radius 1 is 0.829 bits per heavy atom. The Balaban J connectivity index is 1.27. The highest BCUT2D eigenvalue weighted by Gasteiger charge is 2.12. The van der Waals surface area contributed by atoms with Crippen LogP contribution in [0.4, 0.5) is 16.2 Å². The molecule has 0 aliphatic rings. The number of halogens is 1. The Morgan fingerprint density at radius 2 is 1.57 bits per heavy atom. The lowest BCUT2D eigenvalue weighted by Crippen LogP contribution is -2.20. The molecule has 2 amide bonds. The molecule has 4 aromatic carbocycles. The van der Waals surface area contributed by atoms with Crippen molar-refractivity contribution in [2.45, 2.75) is 19.8 Å². The zero-order chi connectivity index (χ0) is 24.2. The summed E-state index contributed by atoms with van der Waals surface area (Å²) in [5.41, 5.74) is 6.63. The lowest BCUT2D eigenvalue weighted by molar-refractivity contribution is 0.262. The number of urea groups is 1. The van der Waals surface area contributed by atoms with Crippen molar-refractivity contribution in [3.63, 3.8) is 0 Å². The number of imidazole rings is 1. The van der Waals surface area contributed by atoms with E-state index in [1.807, 2.05) is 73.7 Å². The molecule has 1 heterocycles. The molecule has 0 aliphatic carbocycles. The van der Waals surface area contributed by atoms with E-state index in [4.69, 9.17) is 16.6 Å². The number of para-hydroxylation sites is 3. The van der Waals surface area contributed by atoms with Gasteiger partial charge in [-0.05, 0) is 73.0 Å². The van der Waals surface area contributed by atoms with Crippen LogP contribution in [0.15, 0.2) is 97.1 Å². The van der Waals surface area contributed by atoms with Crippen LogP contribution in [-0.4, -0.2) is 15.6 Å². The van der Waals surface area contributed by atoms with Crippen LogP contribution in [-0.2, 0) is 12.8 Å². The number of carbonyl (C=O) groups excluding carboxylic acids is 1. The van der Waals surface area contributed by atoms with Crippen LogP contribution < -0.4 is 10.6 Å². The lowest BCUT2D eigenvalue weighted by atomic mass is 10.1. The zero-order valence-corrected chi connectivity index (χ0v) is 20.1. The summed E-state index contributed by atoms with van der Waals surface area (Å²) >= 11 is 6.14. The monoisotopic (exact) mass is 480 g/mol. The summed E-state index contributed by atoms with van der Waals surface area (Å²) in [5, 5.41) is 6.35. The van der Waals surface area contributed by atoms with E-state index in [2.05, 4.69) is 39.5 Å². The van der Waals surface area contributed by atoms with Crippen molar-refractivity contribution in [2.24, 2.45) is 0 Å². The normalized spacial score (nSPS) is 10.9. The Hall–Kier alpha value is -4.09. The van der Waals surface area contributed by atoms with Crippen LogP contribution in [0, 0.1) is 6.92 Å². The lowest BCUT2D eigenvalue weighted by Gasteiger charge is -2.11. The van der Waals surface area contributed by atoms with Crippen molar-refractivity contribution in [1.82, 2.24) is 9.55 Å². The van der Waals surface area contributed by atoms with Crippen molar-refractivity contribution < 1.29 is 4.79 Å². The second kappa shape index (κ2) is 10.0. The summed E-state index contributed by atoms with van der Waals surface area (Å²) in [4.78, 5) is 17.3.